The largest absolute Gasteiger partial charge is 0.394 e. The Morgan fingerprint density at radius 3 is 1.20 bits per heavy atom. The molecule has 0 aromatic rings. The van der Waals surface area contributed by atoms with E-state index in [4.69, 9.17) is 42.6 Å². The van der Waals surface area contributed by atoms with E-state index in [-0.39, 0.29) is 0 Å². The van der Waals surface area contributed by atoms with Gasteiger partial charge < -0.3 is 130 Å². The molecule has 5 rings (SSSR count). The van der Waals surface area contributed by atoms with E-state index in [0.29, 0.717) is 0 Å². The summed E-state index contributed by atoms with van der Waals surface area (Å²) < 4.78 is 51.2. The van der Waals surface area contributed by atoms with Crippen LogP contribution in [0.3, 0.4) is 0 Å². The molecule has 0 spiro atoms. The maximum atomic E-state index is 12.4. The SMILES string of the molecule is CC(=O)N[C@H]1[C@H](O[C@H]2[C@H](O)[C@@H](NC(C)=O)C(O)O[C@@H]2CO)O[C@H](CO)[C@@H](O[C@@H]2O[C@H](CO)[C@@H](O)[C@H](O[C@H]3O[C@H](CO)[C@@H](O[C@@H]4O[C@H](CO)[C@@H](O)[C@H](O)[C@H]4NC(C)=O)[C@H](O)[C@@H]3O)[C@@H]2O)[C@@H]1O. The lowest BCUT2D eigenvalue weighted by Gasteiger charge is -2.50. The molecule has 17 N–H and O–H groups in total. The first-order valence-electron chi connectivity index (χ1n) is 20.6. The minimum Gasteiger partial charge on any atom is -0.394 e. The highest BCUT2D eigenvalue weighted by Crippen LogP contribution is 2.36. The van der Waals surface area contributed by atoms with E-state index >= 15 is 0 Å². The van der Waals surface area contributed by atoms with Gasteiger partial charge in [0.25, 0.3) is 0 Å². The fourth-order valence-electron chi connectivity index (χ4n) is 8.25. The van der Waals surface area contributed by atoms with Crippen LogP contribution in [0.25, 0.3) is 0 Å². The number of carbonyl (C=O) groups excluding carboxylic acids is 3. The third-order valence-electron chi connectivity index (χ3n) is 11.5. The minimum absolute atomic E-state index is 0.686. The number of aliphatic hydroxyl groups excluding tert-OH is 14. The zero-order valence-electron chi connectivity index (χ0n) is 35.1. The summed E-state index contributed by atoms with van der Waals surface area (Å²) in [6.45, 7) is -1.41. The molecule has 0 radical (unpaired) electrons. The fourth-order valence-corrected chi connectivity index (χ4v) is 8.25. The predicted octanol–water partition coefficient (Wildman–Crippen LogP) is -11.5. The van der Waals surface area contributed by atoms with Crippen LogP contribution in [0.2, 0.25) is 0 Å². The number of hydrogen-bond acceptors (Lipinski definition) is 26. The first kappa shape index (κ1) is 53.4. The summed E-state index contributed by atoms with van der Waals surface area (Å²) >= 11 is 0. The molecule has 376 valence electrons. The third-order valence-corrected chi connectivity index (χ3v) is 11.5. The quantitative estimate of drug-likeness (QED) is 0.0683. The van der Waals surface area contributed by atoms with Crippen molar-refractivity contribution < 1.29 is 129 Å². The van der Waals surface area contributed by atoms with Gasteiger partial charge in [-0.05, 0) is 0 Å². The molecule has 3 amide bonds. The zero-order chi connectivity index (χ0) is 48.2. The molecule has 25 atom stereocenters. The van der Waals surface area contributed by atoms with Crippen molar-refractivity contribution in [3.8, 4) is 0 Å². The Kier molecular flexibility index (Phi) is 19.1. The van der Waals surface area contributed by atoms with Crippen LogP contribution < -0.4 is 16.0 Å². The number of hydrogen-bond donors (Lipinski definition) is 17. The zero-order valence-corrected chi connectivity index (χ0v) is 35.1. The molecular weight excluding hydrogens is 890 g/mol. The molecule has 29 heteroatoms. The van der Waals surface area contributed by atoms with Gasteiger partial charge in [0.05, 0.1) is 33.0 Å². The van der Waals surface area contributed by atoms with E-state index in [1.165, 1.54) is 0 Å². The van der Waals surface area contributed by atoms with Gasteiger partial charge in [0.2, 0.25) is 17.7 Å². The second-order valence-corrected chi connectivity index (χ2v) is 16.2. The first-order valence-corrected chi connectivity index (χ1v) is 20.6. The molecule has 1 unspecified atom stereocenters. The number of aliphatic hydroxyl groups is 14. The van der Waals surface area contributed by atoms with Crippen molar-refractivity contribution in [2.75, 3.05) is 33.0 Å². The predicted molar refractivity (Wildman–Crippen MR) is 201 cm³/mol. The molecule has 0 aliphatic carbocycles. The van der Waals surface area contributed by atoms with Crippen molar-refractivity contribution in [3.63, 3.8) is 0 Å². The van der Waals surface area contributed by atoms with Crippen molar-refractivity contribution >= 4 is 17.7 Å². The van der Waals surface area contributed by atoms with Gasteiger partial charge in [0.15, 0.2) is 31.5 Å². The molecular formula is C36H61N3O26. The Morgan fingerprint density at radius 2 is 0.708 bits per heavy atom. The highest BCUT2D eigenvalue weighted by Gasteiger charge is 2.57. The van der Waals surface area contributed by atoms with Crippen LogP contribution in [0.1, 0.15) is 20.8 Å². The lowest BCUT2D eigenvalue weighted by atomic mass is 9.94. The monoisotopic (exact) mass is 951 g/mol. The van der Waals surface area contributed by atoms with Gasteiger partial charge in [-0.1, -0.05) is 0 Å². The Balaban J connectivity index is 1.33. The highest BCUT2D eigenvalue weighted by atomic mass is 16.8. The van der Waals surface area contributed by atoms with E-state index in [2.05, 4.69) is 16.0 Å². The molecule has 0 aromatic carbocycles. The smallest absolute Gasteiger partial charge is 0.217 e. The van der Waals surface area contributed by atoms with E-state index in [1.807, 2.05) is 0 Å². The Bertz CT molecular complexity index is 1560. The second-order valence-electron chi connectivity index (χ2n) is 16.2. The maximum absolute atomic E-state index is 12.4. The topological polar surface area (TPSA) is 454 Å². The Labute approximate surface area is 369 Å². The normalized spacial score (nSPS) is 47.1. The van der Waals surface area contributed by atoms with Crippen LogP contribution in [0.5, 0.6) is 0 Å². The van der Waals surface area contributed by atoms with Crippen molar-refractivity contribution in [3.05, 3.63) is 0 Å². The lowest BCUT2D eigenvalue weighted by molar-refractivity contribution is -0.386. The second kappa shape index (κ2) is 23.2. The molecule has 29 nitrogen and oxygen atoms in total. The van der Waals surface area contributed by atoms with E-state index in [0.717, 1.165) is 20.8 Å². The maximum Gasteiger partial charge on any atom is 0.217 e. The van der Waals surface area contributed by atoms with Crippen LogP contribution in [0, 0.1) is 0 Å². The first-order chi connectivity index (χ1) is 30.7. The molecule has 5 aliphatic rings. The van der Waals surface area contributed by atoms with E-state index in [9.17, 15) is 85.9 Å². The van der Waals surface area contributed by atoms with Crippen LogP contribution in [-0.4, -0.2) is 276 Å². The molecule has 65 heavy (non-hydrogen) atoms. The molecule has 5 fully saturated rings. The van der Waals surface area contributed by atoms with Gasteiger partial charge >= 0.3 is 0 Å². The van der Waals surface area contributed by atoms with Gasteiger partial charge in [-0.15, -0.1) is 0 Å². The molecule has 5 saturated heterocycles. The van der Waals surface area contributed by atoms with E-state index in [1.54, 1.807) is 0 Å². The molecule has 0 aromatic heterocycles. The number of rotatable bonds is 16. The van der Waals surface area contributed by atoms with Crippen LogP contribution in [-0.2, 0) is 57.0 Å². The lowest BCUT2D eigenvalue weighted by Crippen LogP contribution is -2.70. The van der Waals surface area contributed by atoms with Gasteiger partial charge in [-0.2, -0.15) is 0 Å². The Hall–Kier alpha value is -2.51. The molecule has 5 heterocycles. The summed E-state index contributed by atoms with van der Waals surface area (Å²) in [5.74, 6) is -2.18. The van der Waals surface area contributed by atoms with Crippen molar-refractivity contribution in [1.82, 2.24) is 16.0 Å². The Morgan fingerprint density at radius 1 is 0.369 bits per heavy atom. The average molecular weight is 952 g/mol. The van der Waals surface area contributed by atoms with Gasteiger partial charge in [0, 0.05) is 20.8 Å². The fraction of sp³-hybridized carbons (Fsp3) is 0.917. The number of ether oxygens (including phenoxy) is 9. The van der Waals surface area contributed by atoms with Crippen molar-refractivity contribution in [2.24, 2.45) is 0 Å². The molecule has 5 aliphatic heterocycles. The summed E-state index contributed by atoms with van der Waals surface area (Å²) in [6, 6.07) is -4.66. The van der Waals surface area contributed by atoms with Crippen LogP contribution in [0.4, 0.5) is 0 Å². The standard InChI is InChI=1S/C36H61N3O26/c1-9(45)37-17-23(51)28(14(6-42)57-32(17)56)62-34-19(39-11(3)47)24(52)29(15(7-43)60-34)64-36-27(55)31(21(49)13(5-41)59-36)65-35-26(54)25(53)30(16(8-44)61-35)63-33-18(38-10(2)46)22(50)20(48)12(4-40)58-33/h12-36,40-44,48-56H,4-8H2,1-3H3,(H,37,45)(H,38,46)(H,39,47)/t12-,13-,14-,15-,16-,17-,18-,19-,20-,21-,22-,23-,24-,25-,26+,27+,28-,29-,30-,31+,32?,33+,34+,35-,36+/m1/s1. The van der Waals surface area contributed by atoms with Crippen LogP contribution >= 0.6 is 0 Å². The molecule has 0 bridgehead atoms. The number of nitrogens with one attached hydrogen (secondary N) is 3. The summed E-state index contributed by atoms with van der Waals surface area (Å²) in [4.78, 5) is 36.1. The minimum atomic E-state index is -2.16. The molecule has 0 saturated carbocycles. The van der Waals surface area contributed by atoms with Gasteiger partial charge in [-0.25, -0.2) is 0 Å². The van der Waals surface area contributed by atoms with Crippen molar-refractivity contribution in [2.45, 2.75) is 174 Å². The summed E-state index contributed by atoms with van der Waals surface area (Å²) in [5, 5.41) is 157. The summed E-state index contributed by atoms with van der Waals surface area (Å²) in [5.41, 5.74) is 0. The number of carbonyl (C=O) groups is 3. The van der Waals surface area contributed by atoms with Crippen LogP contribution in [0.15, 0.2) is 0 Å². The number of amides is 3. The van der Waals surface area contributed by atoms with Crippen molar-refractivity contribution in [1.29, 1.82) is 0 Å². The third kappa shape index (κ3) is 11.9. The van der Waals surface area contributed by atoms with Gasteiger partial charge in [0.1, 0.15) is 122 Å². The average Bonchev–Trinajstić information content (AvgIpc) is 3.26. The summed E-state index contributed by atoms with van der Waals surface area (Å²) in [7, 11) is 0. The van der Waals surface area contributed by atoms with E-state index < -0.39 is 204 Å². The summed E-state index contributed by atoms with van der Waals surface area (Å²) in [6.07, 6.45) is -39.9. The van der Waals surface area contributed by atoms with Gasteiger partial charge in [-0.3, -0.25) is 14.4 Å². The highest BCUT2D eigenvalue weighted by molar-refractivity contribution is 5.74.